The van der Waals surface area contributed by atoms with E-state index in [2.05, 4.69) is 20.3 Å². The molecule has 6 atom stereocenters. The van der Waals surface area contributed by atoms with Gasteiger partial charge in [0.25, 0.3) is 5.56 Å². The summed E-state index contributed by atoms with van der Waals surface area (Å²) in [6.07, 6.45) is -2.69. The highest BCUT2D eigenvalue weighted by atomic mass is 16.8. The number of carbonyl (C=O) groups excluding carboxylic acids is 3. The fourth-order valence-corrected chi connectivity index (χ4v) is 6.32. The maximum Gasteiger partial charge on any atom is 0.338 e. The average Bonchev–Trinajstić information content (AvgIpc) is 3.70. The number of nitrogens with one attached hydrogen (secondary N) is 2. The summed E-state index contributed by atoms with van der Waals surface area (Å²) in [5.41, 5.74) is -0.676. The lowest BCUT2D eigenvalue weighted by atomic mass is 10.00. The lowest BCUT2D eigenvalue weighted by Crippen LogP contribution is -2.43. The van der Waals surface area contributed by atoms with Crippen LogP contribution in [-0.4, -0.2) is 84.7 Å². The summed E-state index contributed by atoms with van der Waals surface area (Å²) in [5.74, 6) is -2.60. The number of esters is 1. The molecule has 3 fully saturated rings. The molecule has 2 amide bonds. The maximum absolute atomic E-state index is 13.6. The summed E-state index contributed by atoms with van der Waals surface area (Å²) < 4.78 is 32.2. The standard InChI is InChI=1S/C31H38N6O9/c1-15(2)25(39)34-29-33-24-19(26(40)35-29)32-14-36(24)27-23-21(45-31(6,7)46-23)18(43-27)13-42-28(41)22-20(17-11-9-8-10-12-17)37(16(3)38)30(4,5)44-22/h8-12,14-15,18,20-23,27H,13H2,1-7H3,(H2,33,34,35,39,40)/t18?,20-,21?,22+,23?,27?/m0/s1. The summed E-state index contributed by atoms with van der Waals surface area (Å²) in [7, 11) is 0. The summed E-state index contributed by atoms with van der Waals surface area (Å²) in [6.45, 7) is 11.6. The Bertz CT molecular complexity index is 1720. The van der Waals surface area contributed by atoms with E-state index in [0.717, 1.165) is 5.56 Å². The highest BCUT2D eigenvalue weighted by Gasteiger charge is 2.57. The average molecular weight is 639 g/mol. The maximum atomic E-state index is 13.6. The molecule has 0 bridgehead atoms. The fraction of sp³-hybridized carbons (Fsp3) is 0.548. The van der Waals surface area contributed by atoms with Crippen molar-refractivity contribution in [1.82, 2.24) is 24.4 Å². The molecule has 0 saturated carbocycles. The van der Waals surface area contributed by atoms with E-state index in [1.807, 2.05) is 30.3 Å². The number of nitrogens with zero attached hydrogens (tertiary/aromatic N) is 4. The quantitative estimate of drug-likeness (QED) is 0.364. The number of amides is 2. The van der Waals surface area contributed by atoms with Gasteiger partial charge >= 0.3 is 5.97 Å². The summed E-state index contributed by atoms with van der Waals surface area (Å²) >= 11 is 0. The first-order chi connectivity index (χ1) is 21.7. The van der Waals surface area contributed by atoms with Crippen LogP contribution in [0.3, 0.4) is 0 Å². The number of rotatable bonds is 7. The minimum absolute atomic E-state index is 0.0334. The lowest BCUT2D eigenvalue weighted by Gasteiger charge is -2.32. The first-order valence-corrected chi connectivity index (χ1v) is 15.1. The predicted molar refractivity (Wildman–Crippen MR) is 161 cm³/mol. The van der Waals surface area contributed by atoms with Crippen LogP contribution in [0.1, 0.15) is 66.3 Å². The van der Waals surface area contributed by atoms with Crippen molar-refractivity contribution >= 4 is 34.9 Å². The number of aromatic amines is 1. The third-order valence-electron chi connectivity index (χ3n) is 8.26. The van der Waals surface area contributed by atoms with E-state index in [9.17, 15) is 19.2 Å². The van der Waals surface area contributed by atoms with Crippen molar-refractivity contribution in [3.05, 3.63) is 52.6 Å². The Kier molecular flexibility index (Phi) is 7.99. The van der Waals surface area contributed by atoms with Crippen molar-refractivity contribution < 1.29 is 38.1 Å². The highest BCUT2D eigenvalue weighted by Crippen LogP contribution is 2.45. The molecule has 2 aromatic heterocycles. The molecule has 4 unspecified atom stereocenters. The predicted octanol–water partition coefficient (Wildman–Crippen LogP) is 2.40. The molecule has 46 heavy (non-hydrogen) atoms. The first-order valence-electron chi connectivity index (χ1n) is 15.1. The minimum atomic E-state index is -1.10. The molecular formula is C31H38N6O9. The second-order valence-corrected chi connectivity index (χ2v) is 12.9. The molecule has 3 saturated heterocycles. The van der Waals surface area contributed by atoms with Gasteiger partial charge in [-0.25, -0.2) is 9.78 Å². The van der Waals surface area contributed by atoms with Crippen molar-refractivity contribution in [3.8, 4) is 0 Å². The van der Waals surface area contributed by atoms with E-state index in [-0.39, 0.29) is 41.5 Å². The number of imidazole rings is 1. The second-order valence-electron chi connectivity index (χ2n) is 12.9. The Morgan fingerprint density at radius 3 is 2.43 bits per heavy atom. The van der Waals surface area contributed by atoms with E-state index >= 15 is 0 Å². The Hall–Kier alpha value is -4.18. The van der Waals surface area contributed by atoms with Crippen LogP contribution >= 0.6 is 0 Å². The molecule has 2 N–H and O–H groups in total. The van der Waals surface area contributed by atoms with Gasteiger partial charge in [0, 0.05) is 12.8 Å². The van der Waals surface area contributed by atoms with Gasteiger partial charge in [-0.3, -0.25) is 29.3 Å². The van der Waals surface area contributed by atoms with Crippen LogP contribution in [0.2, 0.25) is 0 Å². The molecule has 0 radical (unpaired) electrons. The van der Waals surface area contributed by atoms with Gasteiger partial charge < -0.3 is 28.6 Å². The molecule has 3 aromatic rings. The highest BCUT2D eigenvalue weighted by molar-refractivity contribution is 5.91. The SMILES string of the molecule is CC(=O)N1[C@@H](c2ccccc2)[C@H](C(=O)OCC2OC(n3cnc4c(=O)[nH]c(NC(=O)C(C)C)nc43)C3OC(C)(C)OC23)OC1(C)C. The number of carbonyl (C=O) groups is 3. The number of hydrogen-bond acceptors (Lipinski definition) is 11. The van der Waals surface area contributed by atoms with Crippen molar-refractivity contribution in [2.75, 3.05) is 11.9 Å². The zero-order valence-electron chi connectivity index (χ0n) is 26.7. The molecule has 0 aliphatic carbocycles. The van der Waals surface area contributed by atoms with E-state index < -0.39 is 59.7 Å². The monoisotopic (exact) mass is 638 g/mol. The Balaban J connectivity index is 1.25. The van der Waals surface area contributed by atoms with Crippen LogP contribution in [-0.2, 0) is 38.1 Å². The van der Waals surface area contributed by atoms with Gasteiger partial charge in [0.15, 0.2) is 29.3 Å². The first kappa shape index (κ1) is 31.8. The van der Waals surface area contributed by atoms with Gasteiger partial charge in [0.05, 0.1) is 12.4 Å². The number of anilines is 1. The summed E-state index contributed by atoms with van der Waals surface area (Å²) in [4.78, 5) is 64.2. The van der Waals surface area contributed by atoms with Crippen molar-refractivity contribution in [2.45, 2.75) is 96.7 Å². The van der Waals surface area contributed by atoms with E-state index in [0.29, 0.717) is 0 Å². The Labute approximate surface area is 264 Å². The molecule has 6 rings (SSSR count). The second kappa shape index (κ2) is 11.6. The Morgan fingerprint density at radius 2 is 1.76 bits per heavy atom. The van der Waals surface area contributed by atoms with E-state index in [1.165, 1.54) is 13.3 Å². The molecular weight excluding hydrogens is 600 g/mol. The van der Waals surface area contributed by atoms with Crippen molar-refractivity contribution in [3.63, 3.8) is 0 Å². The third kappa shape index (κ3) is 5.68. The van der Waals surface area contributed by atoms with Crippen LogP contribution in [0.4, 0.5) is 5.95 Å². The molecule has 246 valence electrons. The Morgan fingerprint density at radius 1 is 1.07 bits per heavy atom. The molecule has 3 aliphatic heterocycles. The number of aromatic nitrogens is 4. The molecule has 15 heteroatoms. The van der Waals surface area contributed by atoms with Crippen LogP contribution in [0.25, 0.3) is 11.2 Å². The molecule has 0 spiro atoms. The number of fused-ring (bicyclic) bond motifs is 2. The van der Waals surface area contributed by atoms with Gasteiger partial charge in [0.2, 0.25) is 17.8 Å². The van der Waals surface area contributed by atoms with E-state index in [1.54, 1.807) is 51.0 Å². The summed E-state index contributed by atoms with van der Waals surface area (Å²) in [6, 6.07) is 8.47. The lowest BCUT2D eigenvalue weighted by molar-refractivity contribution is -0.203. The number of ether oxygens (including phenoxy) is 5. The van der Waals surface area contributed by atoms with Crippen LogP contribution in [0.15, 0.2) is 41.5 Å². The van der Waals surface area contributed by atoms with Gasteiger partial charge in [-0.1, -0.05) is 44.2 Å². The smallest absolute Gasteiger partial charge is 0.338 e. The van der Waals surface area contributed by atoms with Crippen molar-refractivity contribution in [1.29, 1.82) is 0 Å². The normalized spacial score (nSPS) is 28.0. The molecule has 3 aliphatic rings. The van der Waals surface area contributed by atoms with Crippen molar-refractivity contribution in [2.24, 2.45) is 5.92 Å². The minimum Gasteiger partial charge on any atom is -0.461 e. The van der Waals surface area contributed by atoms with Crippen LogP contribution in [0, 0.1) is 5.92 Å². The van der Waals surface area contributed by atoms with Crippen LogP contribution in [0.5, 0.6) is 0 Å². The molecule has 15 nitrogen and oxygen atoms in total. The van der Waals surface area contributed by atoms with Crippen LogP contribution < -0.4 is 10.9 Å². The number of hydrogen-bond donors (Lipinski definition) is 2. The number of H-pyrrole nitrogens is 1. The summed E-state index contributed by atoms with van der Waals surface area (Å²) in [5, 5.41) is 2.60. The van der Waals surface area contributed by atoms with Gasteiger partial charge in [-0.2, -0.15) is 4.98 Å². The number of benzene rings is 1. The van der Waals surface area contributed by atoms with Gasteiger partial charge in [-0.05, 0) is 33.3 Å². The molecule has 5 heterocycles. The van der Waals surface area contributed by atoms with Gasteiger partial charge in [0.1, 0.15) is 30.6 Å². The van der Waals surface area contributed by atoms with E-state index in [4.69, 9.17) is 23.7 Å². The molecule has 1 aromatic carbocycles. The zero-order valence-corrected chi connectivity index (χ0v) is 26.7. The van der Waals surface area contributed by atoms with Gasteiger partial charge in [-0.15, -0.1) is 0 Å². The zero-order chi connectivity index (χ0) is 33.1. The largest absolute Gasteiger partial charge is 0.461 e. The third-order valence-corrected chi connectivity index (χ3v) is 8.26. The fourth-order valence-electron chi connectivity index (χ4n) is 6.32. The topological polar surface area (TPSA) is 176 Å².